The van der Waals surface area contributed by atoms with E-state index in [1.54, 1.807) is 11.8 Å². The van der Waals surface area contributed by atoms with Crippen LogP contribution in [0.25, 0.3) is 10.9 Å². The molecule has 1 aliphatic carbocycles. The minimum Gasteiger partial charge on any atom is -0.287 e. The number of nitrogens with zero attached hydrogens (tertiary/aromatic N) is 2. The van der Waals surface area contributed by atoms with Gasteiger partial charge in [0.2, 0.25) is 0 Å². The van der Waals surface area contributed by atoms with Gasteiger partial charge in [-0.1, -0.05) is 36.7 Å². The molecule has 0 unspecified atom stereocenters. The maximum Gasteiger partial charge on any atom is 0.262 e. The van der Waals surface area contributed by atoms with Crippen LogP contribution >= 0.6 is 11.8 Å². The molecule has 100 valence electrons. The Morgan fingerprint density at radius 1 is 1.32 bits per heavy atom. The van der Waals surface area contributed by atoms with Crippen LogP contribution in [-0.4, -0.2) is 14.8 Å². The van der Waals surface area contributed by atoms with Crippen molar-refractivity contribution in [2.24, 2.45) is 0 Å². The lowest BCUT2D eigenvalue weighted by molar-refractivity contribution is 0.632. The van der Waals surface area contributed by atoms with Gasteiger partial charge in [0.15, 0.2) is 5.16 Å². The molecule has 0 radical (unpaired) electrons. The molecule has 0 spiro atoms. The zero-order chi connectivity index (χ0) is 13.2. The van der Waals surface area contributed by atoms with Crippen LogP contribution in [-0.2, 0) is 6.54 Å². The van der Waals surface area contributed by atoms with Gasteiger partial charge in [-0.05, 0) is 31.9 Å². The summed E-state index contributed by atoms with van der Waals surface area (Å²) in [6.45, 7) is 2.70. The van der Waals surface area contributed by atoms with Gasteiger partial charge in [-0.15, -0.1) is 0 Å². The molecule has 0 saturated heterocycles. The van der Waals surface area contributed by atoms with Gasteiger partial charge in [-0.2, -0.15) is 0 Å². The van der Waals surface area contributed by atoms with E-state index in [0.29, 0.717) is 11.8 Å². The monoisotopic (exact) mass is 274 g/mol. The summed E-state index contributed by atoms with van der Waals surface area (Å²) in [4.78, 5) is 17.2. The van der Waals surface area contributed by atoms with E-state index in [4.69, 9.17) is 4.98 Å². The van der Waals surface area contributed by atoms with Gasteiger partial charge in [0.1, 0.15) is 0 Å². The van der Waals surface area contributed by atoms with Gasteiger partial charge in [-0.3, -0.25) is 9.36 Å². The number of fused-ring (bicyclic) bond motifs is 1. The Morgan fingerprint density at radius 3 is 2.79 bits per heavy atom. The van der Waals surface area contributed by atoms with Gasteiger partial charge < -0.3 is 0 Å². The Kier molecular flexibility index (Phi) is 3.60. The maximum absolute atomic E-state index is 12.5. The Morgan fingerprint density at radius 2 is 2.05 bits per heavy atom. The van der Waals surface area contributed by atoms with E-state index in [1.807, 2.05) is 35.8 Å². The molecule has 3 rings (SSSR count). The lowest BCUT2D eigenvalue weighted by atomic mass is 10.2. The highest BCUT2D eigenvalue weighted by atomic mass is 32.2. The number of hydrogen-bond donors (Lipinski definition) is 0. The van der Waals surface area contributed by atoms with E-state index in [1.165, 1.54) is 25.7 Å². The van der Waals surface area contributed by atoms with Crippen LogP contribution in [0.2, 0.25) is 0 Å². The van der Waals surface area contributed by atoms with Crippen molar-refractivity contribution in [3.8, 4) is 0 Å². The average molecular weight is 274 g/mol. The number of rotatable bonds is 3. The zero-order valence-corrected chi connectivity index (χ0v) is 11.9. The second kappa shape index (κ2) is 5.37. The minimum atomic E-state index is 0.0913. The van der Waals surface area contributed by atoms with Crippen molar-refractivity contribution < 1.29 is 0 Å². The van der Waals surface area contributed by atoms with Crippen molar-refractivity contribution >= 4 is 22.7 Å². The molecule has 0 atom stereocenters. The maximum atomic E-state index is 12.5. The number of thioether (sulfide) groups is 1. The van der Waals surface area contributed by atoms with E-state index >= 15 is 0 Å². The molecule has 4 heteroatoms. The molecule has 3 nitrogen and oxygen atoms in total. The number of para-hydroxylation sites is 1. The summed E-state index contributed by atoms with van der Waals surface area (Å²) in [5, 5.41) is 2.24. The van der Waals surface area contributed by atoms with Crippen molar-refractivity contribution in [2.75, 3.05) is 0 Å². The highest BCUT2D eigenvalue weighted by Crippen LogP contribution is 2.33. The van der Waals surface area contributed by atoms with Gasteiger partial charge in [0, 0.05) is 11.8 Å². The van der Waals surface area contributed by atoms with Crippen molar-refractivity contribution in [3.63, 3.8) is 0 Å². The summed E-state index contributed by atoms with van der Waals surface area (Å²) in [5.74, 6) is 0. The largest absolute Gasteiger partial charge is 0.287 e. The Hall–Kier alpha value is -1.29. The first-order valence-electron chi connectivity index (χ1n) is 6.96. The molecule has 1 aromatic heterocycles. The van der Waals surface area contributed by atoms with Crippen molar-refractivity contribution in [1.82, 2.24) is 9.55 Å². The van der Waals surface area contributed by atoms with Gasteiger partial charge in [-0.25, -0.2) is 4.98 Å². The third kappa shape index (κ3) is 2.41. The van der Waals surface area contributed by atoms with Crippen LogP contribution in [0.5, 0.6) is 0 Å². The van der Waals surface area contributed by atoms with E-state index in [-0.39, 0.29) is 5.56 Å². The van der Waals surface area contributed by atoms with E-state index in [9.17, 15) is 4.79 Å². The number of aromatic nitrogens is 2. The topological polar surface area (TPSA) is 34.9 Å². The summed E-state index contributed by atoms with van der Waals surface area (Å²) in [6, 6.07) is 7.63. The molecule has 0 bridgehead atoms. The Labute approximate surface area is 117 Å². The van der Waals surface area contributed by atoms with Crippen molar-refractivity contribution in [1.29, 1.82) is 0 Å². The Balaban J connectivity index is 2.09. The number of benzene rings is 1. The Bertz CT molecular complexity index is 644. The highest BCUT2D eigenvalue weighted by molar-refractivity contribution is 7.99. The SMILES string of the molecule is CCn1c(SC2CCCC2)nc2ccccc2c1=O. The van der Waals surface area contributed by atoms with E-state index < -0.39 is 0 Å². The van der Waals surface area contributed by atoms with Crippen LogP contribution in [0.1, 0.15) is 32.6 Å². The number of hydrogen-bond acceptors (Lipinski definition) is 3. The van der Waals surface area contributed by atoms with Crippen LogP contribution in [0, 0.1) is 0 Å². The van der Waals surface area contributed by atoms with Gasteiger partial charge in [0.25, 0.3) is 5.56 Å². The first kappa shape index (κ1) is 12.7. The average Bonchev–Trinajstić information content (AvgIpc) is 2.92. The minimum absolute atomic E-state index is 0.0913. The zero-order valence-electron chi connectivity index (χ0n) is 11.1. The summed E-state index contributed by atoms with van der Waals surface area (Å²) in [5.41, 5.74) is 0.909. The van der Waals surface area contributed by atoms with Crippen molar-refractivity contribution in [2.45, 2.75) is 49.6 Å². The fraction of sp³-hybridized carbons (Fsp3) is 0.467. The summed E-state index contributed by atoms with van der Waals surface area (Å²) < 4.78 is 1.81. The molecule has 2 aromatic rings. The van der Waals surface area contributed by atoms with Crippen LogP contribution in [0.4, 0.5) is 0 Å². The smallest absolute Gasteiger partial charge is 0.262 e. The summed E-state index contributed by atoms with van der Waals surface area (Å²) in [7, 11) is 0. The van der Waals surface area contributed by atoms with Gasteiger partial charge in [0.05, 0.1) is 10.9 Å². The third-order valence-electron chi connectivity index (χ3n) is 3.72. The third-order valence-corrected chi connectivity index (χ3v) is 5.04. The second-order valence-electron chi connectivity index (χ2n) is 4.99. The second-order valence-corrected chi connectivity index (χ2v) is 6.25. The van der Waals surface area contributed by atoms with Gasteiger partial charge >= 0.3 is 0 Å². The normalized spacial score (nSPS) is 16.3. The highest BCUT2D eigenvalue weighted by Gasteiger charge is 2.19. The summed E-state index contributed by atoms with van der Waals surface area (Å²) in [6.07, 6.45) is 5.11. The lowest BCUT2D eigenvalue weighted by Crippen LogP contribution is -2.23. The molecule has 1 heterocycles. The molecule has 0 amide bonds. The molecular weight excluding hydrogens is 256 g/mol. The molecular formula is C15H18N2OS. The van der Waals surface area contributed by atoms with E-state index in [2.05, 4.69) is 0 Å². The molecule has 1 fully saturated rings. The molecule has 0 aliphatic heterocycles. The fourth-order valence-electron chi connectivity index (χ4n) is 2.67. The predicted octanol–water partition coefficient (Wildman–Crippen LogP) is 3.45. The standard InChI is InChI=1S/C15H18N2OS/c1-2-17-14(18)12-9-5-6-10-13(12)16-15(17)19-11-7-3-4-8-11/h5-6,9-11H,2-4,7-8H2,1H3. The molecule has 1 aromatic carbocycles. The van der Waals surface area contributed by atoms with E-state index in [0.717, 1.165) is 16.1 Å². The van der Waals surface area contributed by atoms with Crippen LogP contribution in [0.3, 0.4) is 0 Å². The van der Waals surface area contributed by atoms with Crippen LogP contribution in [0.15, 0.2) is 34.2 Å². The first-order valence-corrected chi connectivity index (χ1v) is 7.84. The first-order chi connectivity index (χ1) is 9.29. The fourth-order valence-corrected chi connectivity index (χ4v) is 4.03. The molecule has 19 heavy (non-hydrogen) atoms. The quantitative estimate of drug-likeness (QED) is 0.804. The van der Waals surface area contributed by atoms with Crippen LogP contribution < -0.4 is 5.56 Å². The predicted molar refractivity (Wildman–Crippen MR) is 79.8 cm³/mol. The molecule has 0 N–H and O–H groups in total. The molecule has 1 saturated carbocycles. The van der Waals surface area contributed by atoms with Crippen molar-refractivity contribution in [3.05, 3.63) is 34.6 Å². The summed E-state index contributed by atoms with van der Waals surface area (Å²) >= 11 is 1.78. The molecule has 1 aliphatic rings. The lowest BCUT2D eigenvalue weighted by Gasteiger charge is -2.14.